The summed E-state index contributed by atoms with van der Waals surface area (Å²) in [6.45, 7) is 4.58. The minimum atomic E-state index is 0.0648. The molecule has 1 aromatic rings. The average Bonchev–Trinajstić information content (AvgIpc) is 2.18. The number of amidine groups is 1. The Balaban J connectivity index is 3.15. The number of nitrogens with two attached hydrogens (primary N) is 1. The second-order valence-corrected chi connectivity index (χ2v) is 4.21. The number of rotatable bonds is 5. The van der Waals surface area contributed by atoms with E-state index in [0.717, 1.165) is 10.6 Å². The van der Waals surface area contributed by atoms with Crippen molar-refractivity contribution in [1.82, 2.24) is 0 Å². The first-order chi connectivity index (χ1) is 7.20. The van der Waals surface area contributed by atoms with Crippen molar-refractivity contribution in [1.29, 1.82) is 5.41 Å². The van der Waals surface area contributed by atoms with Crippen LogP contribution in [0.5, 0.6) is 5.75 Å². The predicted octanol–water partition coefficient (Wildman–Crippen LogP) is 2.48. The van der Waals surface area contributed by atoms with Gasteiger partial charge in [0.2, 0.25) is 0 Å². The monoisotopic (exact) mass is 224 g/mol. The molecule has 0 atom stereocenters. The smallest absolute Gasteiger partial charge is 0.131 e. The van der Waals surface area contributed by atoms with Gasteiger partial charge in [0, 0.05) is 4.90 Å². The first-order valence-electron chi connectivity index (χ1n) is 4.93. The summed E-state index contributed by atoms with van der Waals surface area (Å²) >= 11 is 1.67. The van der Waals surface area contributed by atoms with Gasteiger partial charge in [0.1, 0.15) is 11.6 Å². The van der Waals surface area contributed by atoms with E-state index in [0.29, 0.717) is 17.9 Å². The molecule has 0 radical (unpaired) electrons. The molecule has 1 rings (SSSR count). The molecule has 3 nitrogen and oxygen atoms in total. The average molecular weight is 224 g/mol. The molecular formula is C11H16N2OS. The molecule has 0 aliphatic rings. The maximum absolute atomic E-state index is 7.56. The lowest BCUT2D eigenvalue weighted by molar-refractivity contribution is 0.338. The van der Waals surface area contributed by atoms with Crippen molar-refractivity contribution in [2.45, 2.75) is 18.7 Å². The van der Waals surface area contributed by atoms with E-state index >= 15 is 0 Å². The highest BCUT2D eigenvalue weighted by Crippen LogP contribution is 2.29. The summed E-state index contributed by atoms with van der Waals surface area (Å²) in [5, 5.41) is 7.56. The van der Waals surface area contributed by atoms with Gasteiger partial charge in [-0.3, -0.25) is 5.41 Å². The maximum Gasteiger partial charge on any atom is 0.131 e. The van der Waals surface area contributed by atoms with Gasteiger partial charge in [-0.05, 0) is 24.8 Å². The van der Waals surface area contributed by atoms with Crippen LogP contribution >= 0.6 is 11.8 Å². The van der Waals surface area contributed by atoms with Gasteiger partial charge < -0.3 is 10.5 Å². The summed E-state index contributed by atoms with van der Waals surface area (Å²) in [6.07, 6.45) is 0. The van der Waals surface area contributed by atoms with Crippen molar-refractivity contribution in [2.75, 3.05) is 12.4 Å². The van der Waals surface area contributed by atoms with Crippen molar-refractivity contribution in [3.8, 4) is 5.75 Å². The molecule has 0 amide bonds. The molecule has 0 heterocycles. The Morgan fingerprint density at radius 2 is 2.20 bits per heavy atom. The fraction of sp³-hybridized carbons (Fsp3) is 0.364. The second-order valence-electron chi connectivity index (χ2n) is 2.91. The van der Waals surface area contributed by atoms with Crippen molar-refractivity contribution in [3.05, 3.63) is 23.8 Å². The molecule has 82 valence electrons. The third-order valence-electron chi connectivity index (χ3n) is 1.86. The van der Waals surface area contributed by atoms with E-state index in [4.69, 9.17) is 15.9 Å². The van der Waals surface area contributed by atoms with Crippen LogP contribution in [0.25, 0.3) is 0 Å². The van der Waals surface area contributed by atoms with Crippen LogP contribution in [0, 0.1) is 5.41 Å². The largest absolute Gasteiger partial charge is 0.493 e. The highest BCUT2D eigenvalue weighted by molar-refractivity contribution is 7.99. The van der Waals surface area contributed by atoms with Gasteiger partial charge in [0.05, 0.1) is 12.2 Å². The van der Waals surface area contributed by atoms with Crippen molar-refractivity contribution >= 4 is 17.6 Å². The molecule has 0 saturated heterocycles. The lowest BCUT2D eigenvalue weighted by Crippen LogP contribution is -2.14. The minimum absolute atomic E-state index is 0.0648. The number of thioether (sulfide) groups is 1. The topological polar surface area (TPSA) is 59.1 Å². The van der Waals surface area contributed by atoms with E-state index in [1.807, 2.05) is 25.1 Å². The lowest BCUT2D eigenvalue weighted by Gasteiger charge is -2.12. The van der Waals surface area contributed by atoms with E-state index in [1.165, 1.54) is 0 Å². The molecule has 0 unspecified atom stereocenters. The van der Waals surface area contributed by atoms with Gasteiger partial charge in [-0.2, -0.15) is 0 Å². The summed E-state index contributed by atoms with van der Waals surface area (Å²) in [5.41, 5.74) is 6.28. The van der Waals surface area contributed by atoms with Crippen LogP contribution in [0.3, 0.4) is 0 Å². The van der Waals surface area contributed by atoms with Crippen LogP contribution in [0.4, 0.5) is 0 Å². The molecule has 0 saturated carbocycles. The normalized spacial score (nSPS) is 10.0. The molecular weight excluding hydrogens is 208 g/mol. The first kappa shape index (κ1) is 11.9. The molecule has 15 heavy (non-hydrogen) atoms. The van der Waals surface area contributed by atoms with Crippen LogP contribution in [0.1, 0.15) is 19.4 Å². The van der Waals surface area contributed by atoms with Gasteiger partial charge in [-0.15, -0.1) is 11.8 Å². The summed E-state index contributed by atoms with van der Waals surface area (Å²) in [6, 6.07) is 5.74. The van der Waals surface area contributed by atoms with Crippen molar-refractivity contribution in [2.24, 2.45) is 5.73 Å². The Hall–Kier alpha value is -1.16. The van der Waals surface area contributed by atoms with E-state index in [9.17, 15) is 0 Å². The highest BCUT2D eigenvalue weighted by Gasteiger charge is 2.11. The third kappa shape index (κ3) is 2.89. The Labute approximate surface area is 94.5 Å². The molecule has 3 N–H and O–H groups in total. The molecule has 0 aliphatic carbocycles. The summed E-state index contributed by atoms with van der Waals surface area (Å²) in [7, 11) is 0. The zero-order valence-corrected chi connectivity index (χ0v) is 9.86. The minimum Gasteiger partial charge on any atom is -0.493 e. The highest BCUT2D eigenvalue weighted by atomic mass is 32.2. The van der Waals surface area contributed by atoms with Gasteiger partial charge in [-0.1, -0.05) is 13.0 Å². The van der Waals surface area contributed by atoms with Crippen LogP contribution in [0.15, 0.2) is 23.1 Å². The SMILES string of the molecule is CCOc1cccc(SCC)c1C(=N)N. The van der Waals surface area contributed by atoms with Crippen LogP contribution in [0.2, 0.25) is 0 Å². The number of ether oxygens (including phenoxy) is 1. The summed E-state index contributed by atoms with van der Waals surface area (Å²) in [4.78, 5) is 1.01. The zero-order valence-electron chi connectivity index (χ0n) is 9.04. The Kier molecular flexibility index (Phi) is 4.49. The van der Waals surface area contributed by atoms with Crippen molar-refractivity contribution in [3.63, 3.8) is 0 Å². The van der Waals surface area contributed by atoms with Crippen LogP contribution < -0.4 is 10.5 Å². The van der Waals surface area contributed by atoms with Gasteiger partial charge in [0.15, 0.2) is 0 Å². The number of hydrogen-bond donors (Lipinski definition) is 2. The number of benzene rings is 1. The Morgan fingerprint density at radius 1 is 1.47 bits per heavy atom. The second kappa shape index (κ2) is 5.66. The lowest BCUT2D eigenvalue weighted by atomic mass is 10.2. The quantitative estimate of drug-likeness (QED) is 0.459. The molecule has 0 spiro atoms. The fourth-order valence-corrected chi connectivity index (χ4v) is 2.17. The molecule has 1 aromatic carbocycles. The van der Waals surface area contributed by atoms with Gasteiger partial charge in [-0.25, -0.2) is 0 Å². The molecule has 4 heteroatoms. The fourth-order valence-electron chi connectivity index (χ4n) is 1.33. The van der Waals surface area contributed by atoms with Crippen LogP contribution in [-0.2, 0) is 0 Å². The van der Waals surface area contributed by atoms with E-state index in [-0.39, 0.29) is 5.84 Å². The van der Waals surface area contributed by atoms with Crippen molar-refractivity contribution < 1.29 is 4.74 Å². The van der Waals surface area contributed by atoms with E-state index in [1.54, 1.807) is 11.8 Å². The number of nitrogen functional groups attached to an aromatic ring is 1. The third-order valence-corrected chi connectivity index (χ3v) is 2.80. The summed E-state index contributed by atoms with van der Waals surface area (Å²) in [5.74, 6) is 1.72. The summed E-state index contributed by atoms with van der Waals surface area (Å²) < 4.78 is 5.45. The number of hydrogen-bond acceptors (Lipinski definition) is 3. The standard InChI is InChI=1S/C11H16N2OS/c1-3-14-8-6-5-7-9(15-4-2)10(8)11(12)13/h5-7H,3-4H2,1-2H3,(H3,12,13). The number of nitrogens with one attached hydrogen (secondary N) is 1. The predicted molar refractivity (Wildman–Crippen MR) is 65.0 cm³/mol. The first-order valence-corrected chi connectivity index (χ1v) is 5.92. The molecule has 0 aromatic heterocycles. The molecule has 0 bridgehead atoms. The Morgan fingerprint density at radius 3 is 2.73 bits per heavy atom. The zero-order chi connectivity index (χ0) is 11.3. The maximum atomic E-state index is 7.56. The molecule has 0 fully saturated rings. The van der Waals surface area contributed by atoms with E-state index < -0.39 is 0 Å². The van der Waals surface area contributed by atoms with E-state index in [2.05, 4.69) is 6.92 Å². The van der Waals surface area contributed by atoms with Gasteiger partial charge in [0.25, 0.3) is 0 Å². The van der Waals surface area contributed by atoms with Gasteiger partial charge >= 0.3 is 0 Å². The van der Waals surface area contributed by atoms with Crippen LogP contribution in [-0.4, -0.2) is 18.2 Å². The Bertz CT molecular complexity index is 328. The molecule has 0 aliphatic heterocycles.